The molecule has 0 aliphatic heterocycles. The first-order valence-corrected chi connectivity index (χ1v) is 6.88. The SMILES string of the molecule is N#CCCCCC(=O)C(=O)OCCCCCCCl. The molecule has 0 N–H and O–H groups in total. The fourth-order valence-electron chi connectivity index (χ4n) is 1.39. The first-order valence-electron chi connectivity index (χ1n) is 6.35. The number of halogens is 1. The largest absolute Gasteiger partial charge is 0.460 e. The molecule has 18 heavy (non-hydrogen) atoms. The minimum absolute atomic E-state index is 0.173. The summed E-state index contributed by atoms with van der Waals surface area (Å²) < 4.78 is 4.85. The van der Waals surface area contributed by atoms with Gasteiger partial charge in [0.05, 0.1) is 12.7 Å². The molecule has 0 saturated carbocycles. The molecule has 0 aromatic carbocycles. The van der Waals surface area contributed by atoms with E-state index in [1.54, 1.807) is 0 Å². The number of ether oxygens (including phenoxy) is 1. The van der Waals surface area contributed by atoms with Gasteiger partial charge in [-0.05, 0) is 25.7 Å². The number of Topliss-reactive ketones (excluding diaryl/α,β-unsaturated/α-hetero) is 1. The second kappa shape index (κ2) is 12.4. The molecule has 102 valence electrons. The maximum atomic E-state index is 11.3. The van der Waals surface area contributed by atoms with Crippen molar-refractivity contribution in [1.29, 1.82) is 5.26 Å². The minimum atomic E-state index is -0.746. The normalized spacial score (nSPS) is 9.78. The van der Waals surface area contributed by atoms with Crippen molar-refractivity contribution in [2.75, 3.05) is 12.5 Å². The lowest BCUT2D eigenvalue weighted by atomic mass is 10.1. The quantitative estimate of drug-likeness (QED) is 0.251. The Morgan fingerprint density at radius 1 is 1.06 bits per heavy atom. The highest BCUT2D eigenvalue weighted by Crippen LogP contribution is 2.03. The third-order valence-corrected chi connectivity index (χ3v) is 2.70. The van der Waals surface area contributed by atoms with Crippen LogP contribution in [-0.2, 0) is 14.3 Å². The van der Waals surface area contributed by atoms with Gasteiger partial charge in [0.25, 0.3) is 0 Å². The maximum Gasteiger partial charge on any atom is 0.374 e. The molecule has 0 aromatic heterocycles. The van der Waals surface area contributed by atoms with Gasteiger partial charge in [0, 0.05) is 18.7 Å². The van der Waals surface area contributed by atoms with Gasteiger partial charge in [-0.2, -0.15) is 5.26 Å². The highest BCUT2D eigenvalue weighted by molar-refractivity contribution is 6.33. The number of nitriles is 1. The van der Waals surface area contributed by atoms with Crippen LogP contribution in [0.2, 0.25) is 0 Å². The summed E-state index contributed by atoms with van der Waals surface area (Å²) in [6, 6.07) is 1.99. The van der Waals surface area contributed by atoms with Crippen LogP contribution < -0.4 is 0 Å². The van der Waals surface area contributed by atoms with Crippen molar-refractivity contribution in [1.82, 2.24) is 0 Å². The maximum absolute atomic E-state index is 11.3. The standard InChI is InChI=1S/C13H20ClNO3/c14-9-5-1-2-7-11-18-13(17)12(16)8-4-3-6-10-15/h1-9,11H2. The number of esters is 1. The zero-order valence-corrected chi connectivity index (χ0v) is 11.4. The molecule has 0 heterocycles. The monoisotopic (exact) mass is 273 g/mol. The third-order valence-electron chi connectivity index (χ3n) is 2.43. The van der Waals surface area contributed by atoms with Crippen molar-refractivity contribution in [2.45, 2.75) is 51.4 Å². The van der Waals surface area contributed by atoms with E-state index < -0.39 is 11.8 Å². The Morgan fingerprint density at radius 3 is 2.44 bits per heavy atom. The molecule has 0 fully saturated rings. The molecule has 0 aliphatic rings. The Balaban J connectivity index is 3.45. The lowest BCUT2D eigenvalue weighted by Gasteiger charge is -2.03. The molecule has 0 amide bonds. The number of ketones is 1. The van der Waals surface area contributed by atoms with Crippen LogP contribution in [0.1, 0.15) is 51.4 Å². The number of nitrogens with zero attached hydrogens (tertiary/aromatic N) is 1. The van der Waals surface area contributed by atoms with E-state index in [9.17, 15) is 9.59 Å². The molecule has 0 bridgehead atoms. The van der Waals surface area contributed by atoms with E-state index >= 15 is 0 Å². The molecule has 0 saturated heterocycles. The van der Waals surface area contributed by atoms with E-state index in [1.165, 1.54) is 0 Å². The van der Waals surface area contributed by atoms with Gasteiger partial charge < -0.3 is 4.74 Å². The smallest absolute Gasteiger partial charge is 0.374 e. The molecule has 0 radical (unpaired) electrons. The van der Waals surface area contributed by atoms with Crippen LogP contribution in [0.25, 0.3) is 0 Å². The first-order chi connectivity index (χ1) is 8.72. The van der Waals surface area contributed by atoms with Gasteiger partial charge in [-0.15, -0.1) is 11.6 Å². The number of rotatable bonds is 11. The minimum Gasteiger partial charge on any atom is -0.460 e. The number of hydrogen-bond acceptors (Lipinski definition) is 4. The van der Waals surface area contributed by atoms with E-state index in [0.717, 1.165) is 25.7 Å². The van der Waals surface area contributed by atoms with E-state index in [-0.39, 0.29) is 6.42 Å². The first kappa shape index (κ1) is 16.9. The second-order valence-corrected chi connectivity index (χ2v) is 4.41. The van der Waals surface area contributed by atoms with Crippen LogP contribution in [0.15, 0.2) is 0 Å². The second-order valence-electron chi connectivity index (χ2n) is 4.03. The summed E-state index contributed by atoms with van der Waals surface area (Å²) >= 11 is 5.53. The van der Waals surface area contributed by atoms with Gasteiger partial charge in [0.2, 0.25) is 5.78 Å². The number of alkyl halides is 1. The molecule has 5 heteroatoms. The Hall–Kier alpha value is -1.08. The van der Waals surface area contributed by atoms with Crippen molar-refractivity contribution in [2.24, 2.45) is 0 Å². The van der Waals surface area contributed by atoms with E-state index in [0.29, 0.717) is 31.7 Å². The van der Waals surface area contributed by atoms with Crippen LogP contribution >= 0.6 is 11.6 Å². The van der Waals surface area contributed by atoms with Gasteiger partial charge in [0.1, 0.15) is 0 Å². The van der Waals surface area contributed by atoms with Crippen LogP contribution in [-0.4, -0.2) is 24.2 Å². The third kappa shape index (κ3) is 10.1. The number of hydrogen-bond donors (Lipinski definition) is 0. The lowest BCUT2D eigenvalue weighted by molar-refractivity contribution is -0.154. The highest BCUT2D eigenvalue weighted by atomic mass is 35.5. The number of carbonyl (C=O) groups excluding carboxylic acids is 2. The average Bonchev–Trinajstić information content (AvgIpc) is 2.38. The molecule has 0 spiro atoms. The van der Waals surface area contributed by atoms with Gasteiger partial charge >= 0.3 is 5.97 Å². The Bertz CT molecular complexity index is 286. The molecule has 0 unspecified atom stereocenters. The summed E-state index contributed by atoms with van der Waals surface area (Å²) in [6.07, 6.45) is 5.51. The fraction of sp³-hybridized carbons (Fsp3) is 0.769. The summed E-state index contributed by atoms with van der Waals surface area (Å²) in [5.74, 6) is -0.584. The topological polar surface area (TPSA) is 67.2 Å². The summed E-state index contributed by atoms with van der Waals surface area (Å²) in [5.41, 5.74) is 0. The molecule has 0 rings (SSSR count). The van der Waals surface area contributed by atoms with E-state index in [1.807, 2.05) is 6.07 Å². The average molecular weight is 274 g/mol. The predicted molar refractivity (Wildman–Crippen MR) is 69.2 cm³/mol. The Labute approximate surface area is 113 Å². The Morgan fingerprint density at radius 2 is 1.78 bits per heavy atom. The van der Waals surface area contributed by atoms with E-state index in [2.05, 4.69) is 0 Å². The summed E-state index contributed by atoms with van der Waals surface area (Å²) in [5, 5.41) is 8.31. The molecule has 0 atom stereocenters. The molecule has 4 nitrogen and oxygen atoms in total. The van der Waals surface area contributed by atoms with Gasteiger partial charge in [-0.25, -0.2) is 4.79 Å². The van der Waals surface area contributed by atoms with Crippen LogP contribution in [0, 0.1) is 11.3 Å². The van der Waals surface area contributed by atoms with E-state index in [4.69, 9.17) is 21.6 Å². The molecule has 0 aromatic rings. The lowest BCUT2D eigenvalue weighted by Crippen LogP contribution is -2.17. The number of carbonyl (C=O) groups is 2. The molecular weight excluding hydrogens is 254 g/mol. The van der Waals surface area contributed by atoms with Gasteiger partial charge in [0.15, 0.2) is 0 Å². The van der Waals surface area contributed by atoms with Crippen LogP contribution in [0.3, 0.4) is 0 Å². The Kier molecular flexibility index (Phi) is 11.6. The van der Waals surface area contributed by atoms with Crippen molar-refractivity contribution < 1.29 is 14.3 Å². The van der Waals surface area contributed by atoms with Crippen LogP contribution in [0.4, 0.5) is 0 Å². The summed E-state index contributed by atoms with van der Waals surface area (Å²) in [7, 11) is 0. The van der Waals surface area contributed by atoms with Crippen molar-refractivity contribution in [3.8, 4) is 6.07 Å². The van der Waals surface area contributed by atoms with Gasteiger partial charge in [-0.1, -0.05) is 12.8 Å². The van der Waals surface area contributed by atoms with Crippen molar-refractivity contribution in [3.05, 3.63) is 0 Å². The van der Waals surface area contributed by atoms with Crippen LogP contribution in [0.5, 0.6) is 0 Å². The fourth-order valence-corrected chi connectivity index (χ4v) is 1.58. The summed E-state index contributed by atoms with van der Waals surface area (Å²) in [6.45, 7) is 0.297. The molecular formula is C13H20ClNO3. The zero-order chi connectivity index (χ0) is 13.6. The zero-order valence-electron chi connectivity index (χ0n) is 10.6. The highest BCUT2D eigenvalue weighted by Gasteiger charge is 2.14. The molecule has 0 aliphatic carbocycles. The predicted octanol–water partition coefficient (Wildman–Crippen LogP) is 2.98. The van der Waals surface area contributed by atoms with Gasteiger partial charge in [-0.3, -0.25) is 4.79 Å². The van der Waals surface area contributed by atoms with Crippen molar-refractivity contribution >= 4 is 23.4 Å². The van der Waals surface area contributed by atoms with Crippen molar-refractivity contribution in [3.63, 3.8) is 0 Å². The summed E-state index contributed by atoms with van der Waals surface area (Å²) in [4.78, 5) is 22.5. The number of unbranched alkanes of at least 4 members (excludes halogenated alkanes) is 5.